The van der Waals surface area contributed by atoms with E-state index in [-0.39, 0.29) is 11.4 Å². The van der Waals surface area contributed by atoms with Crippen molar-refractivity contribution < 1.29 is 5.11 Å². The molecule has 0 radical (unpaired) electrons. The van der Waals surface area contributed by atoms with Crippen LogP contribution in [-0.4, -0.2) is 9.67 Å². The van der Waals surface area contributed by atoms with Crippen molar-refractivity contribution in [1.82, 2.24) is 4.57 Å². The third-order valence-electron chi connectivity index (χ3n) is 2.42. The van der Waals surface area contributed by atoms with Crippen LogP contribution in [0.3, 0.4) is 0 Å². The number of pyridine rings is 1. The standard InChI is InChI=1S/C10H12N2O2/c1-4-12-9(13)7(3)6(2)8(5-11)10(12)14/h13H,4H2,1-3H3. The van der Waals surface area contributed by atoms with Crippen LogP contribution in [0.5, 0.6) is 5.88 Å². The summed E-state index contributed by atoms with van der Waals surface area (Å²) in [7, 11) is 0. The summed E-state index contributed by atoms with van der Waals surface area (Å²) in [4.78, 5) is 11.6. The third kappa shape index (κ3) is 1.27. The first-order chi connectivity index (χ1) is 6.54. The van der Waals surface area contributed by atoms with E-state index in [1.807, 2.05) is 6.07 Å². The average Bonchev–Trinajstić information content (AvgIpc) is 2.16. The SMILES string of the molecule is CCn1c(O)c(C)c(C)c(C#N)c1=O. The van der Waals surface area contributed by atoms with Crippen LogP contribution in [0.25, 0.3) is 0 Å². The lowest BCUT2D eigenvalue weighted by molar-refractivity contribution is 0.406. The summed E-state index contributed by atoms with van der Waals surface area (Å²) in [6.45, 7) is 5.46. The molecule has 0 fully saturated rings. The second kappa shape index (κ2) is 3.54. The predicted molar refractivity (Wildman–Crippen MR) is 52.2 cm³/mol. The Labute approximate surface area is 82.0 Å². The van der Waals surface area contributed by atoms with Gasteiger partial charge in [0.25, 0.3) is 5.56 Å². The molecule has 1 aromatic heterocycles. The van der Waals surface area contributed by atoms with E-state index >= 15 is 0 Å². The smallest absolute Gasteiger partial charge is 0.271 e. The Hall–Kier alpha value is -1.76. The molecule has 4 heteroatoms. The molecule has 0 unspecified atom stereocenters. The molecule has 0 saturated heterocycles. The molecule has 0 bridgehead atoms. The largest absolute Gasteiger partial charge is 0.494 e. The Morgan fingerprint density at radius 2 is 2.00 bits per heavy atom. The normalized spacial score (nSPS) is 9.86. The first kappa shape index (κ1) is 10.3. The maximum atomic E-state index is 11.6. The van der Waals surface area contributed by atoms with Crippen LogP contribution in [0.4, 0.5) is 0 Å². The van der Waals surface area contributed by atoms with E-state index in [0.717, 1.165) is 0 Å². The Morgan fingerprint density at radius 3 is 2.43 bits per heavy atom. The molecule has 0 atom stereocenters. The van der Waals surface area contributed by atoms with Gasteiger partial charge in [-0.05, 0) is 26.3 Å². The molecule has 14 heavy (non-hydrogen) atoms. The highest BCUT2D eigenvalue weighted by Crippen LogP contribution is 2.19. The summed E-state index contributed by atoms with van der Waals surface area (Å²) < 4.78 is 1.20. The summed E-state index contributed by atoms with van der Waals surface area (Å²) in [5.74, 6) is -0.0472. The quantitative estimate of drug-likeness (QED) is 0.723. The fraction of sp³-hybridized carbons (Fsp3) is 0.400. The van der Waals surface area contributed by atoms with E-state index in [0.29, 0.717) is 17.7 Å². The van der Waals surface area contributed by atoms with Crippen LogP contribution in [0.2, 0.25) is 0 Å². The second-order valence-electron chi connectivity index (χ2n) is 3.11. The van der Waals surface area contributed by atoms with E-state index in [9.17, 15) is 9.90 Å². The minimum absolute atomic E-state index is 0.0472. The van der Waals surface area contributed by atoms with E-state index < -0.39 is 5.56 Å². The van der Waals surface area contributed by atoms with Crippen LogP contribution in [0.15, 0.2) is 4.79 Å². The molecule has 0 aliphatic heterocycles. The van der Waals surface area contributed by atoms with Crippen molar-refractivity contribution >= 4 is 0 Å². The number of aromatic nitrogens is 1. The van der Waals surface area contributed by atoms with Crippen molar-refractivity contribution in [3.05, 3.63) is 27.0 Å². The lowest BCUT2D eigenvalue weighted by Crippen LogP contribution is -2.23. The minimum Gasteiger partial charge on any atom is -0.494 e. The molecule has 1 heterocycles. The van der Waals surface area contributed by atoms with Gasteiger partial charge in [-0.25, -0.2) is 0 Å². The third-order valence-corrected chi connectivity index (χ3v) is 2.42. The van der Waals surface area contributed by atoms with Gasteiger partial charge in [0.05, 0.1) is 0 Å². The number of hydrogen-bond donors (Lipinski definition) is 1. The molecule has 1 rings (SSSR count). The van der Waals surface area contributed by atoms with Crippen LogP contribution in [0.1, 0.15) is 23.6 Å². The fourth-order valence-electron chi connectivity index (χ4n) is 1.37. The molecule has 0 aliphatic rings. The van der Waals surface area contributed by atoms with Crippen molar-refractivity contribution in [2.24, 2.45) is 0 Å². The van der Waals surface area contributed by atoms with Crippen LogP contribution >= 0.6 is 0 Å². The zero-order valence-corrected chi connectivity index (χ0v) is 8.46. The molecule has 74 valence electrons. The Balaban J connectivity index is 3.76. The van der Waals surface area contributed by atoms with E-state index in [2.05, 4.69) is 0 Å². The van der Waals surface area contributed by atoms with Gasteiger partial charge in [-0.3, -0.25) is 9.36 Å². The minimum atomic E-state index is -0.421. The lowest BCUT2D eigenvalue weighted by Gasteiger charge is -2.11. The topological polar surface area (TPSA) is 66.0 Å². The molecule has 1 N–H and O–H groups in total. The molecule has 0 saturated carbocycles. The van der Waals surface area contributed by atoms with E-state index in [1.54, 1.807) is 20.8 Å². The summed E-state index contributed by atoms with van der Waals surface area (Å²) in [6.07, 6.45) is 0. The lowest BCUT2D eigenvalue weighted by atomic mass is 10.1. The summed E-state index contributed by atoms with van der Waals surface area (Å²) >= 11 is 0. The Bertz CT molecular complexity index is 466. The van der Waals surface area contributed by atoms with Gasteiger partial charge in [-0.1, -0.05) is 0 Å². The number of aromatic hydroxyl groups is 1. The van der Waals surface area contributed by atoms with Gasteiger partial charge in [-0.2, -0.15) is 5.26 Å². The van der Waals surface area contributed by atoms with E-state index in [1.165, 1.54) is 4.57 Å². The highest BCUT2D eigenvalue weighted by molar-refractivity contribution is 5.44. The van der Waals surface area contributed by atoms with Gasteiger partial charge in [-0.15, -0.1) is 0 Å². The zero-order valence-electron chi connectivity index (χ0n) is 8.46. The molecular formula is C10H12N2O2. The van der Waals surface area contributed by atoms with Gasteiger partial charge < -0.3 is 5.11 Å². The maximum absolute atomic E-state index is 11.6. The van der Waals surface area contributed by atoms with Crippen LogP contribution < -0.4 is 5.56 Å². The van der Waals surface area contributed by atoms with Crippen molar-refractivity contribution in [3.63, 3.8) is 0 Å². The molecule has 1 aromatic rings. The van der Waals surface area contributed by atoms with E-state index in [4.69, 9.17) is 5.26 Å². The predicted octanol–water partition coefficient (Wildman–Crippen LogP) is 1.06. The Kier molecular flexibility index (Phi) is 2.61. The van der Waals surface area contributed by atoms with Gasteiger partial charge in [0.1, 0.15) is 11.6 Å². The highest BCUT2D eigenvalue weighted by atomic mass is 16.3. The number of nitriles is 1. The highest BCUT2D eigenvalue weighted by Gasteiger charge is 2.14. The average molecular weight is 192 g/mol. The molecular weight excluding hydrogens is 180 g/mol. The van der Waals surface area contributed by atoms with Gasteiger partial charge >= 0.3 is 0 Å². The van der Waals surface area contributed by atoms with Crippen molar-refractivity contribution in [2.75, 3.05) is 0 Å². The first-order valence-corrected chi connectivity index (χ1v) is 4.37. The monoisotopic (exact) mass is 192 g/mol. The molecule has 0 aromatic carbocycles. The molecule has 0 aliphatic carbocycles. The van der Waals surface area contributed by atoms with Gasteiger partial charge in [0.2, 0.25) is 0 Å². The Morgan fingerprint density at radius 1 is 1.43 bits per heavy atom. The second-order valence-corrected chi connectivity index (χ2v) is 3.11. The van der Waals surface area contributed by atoms with Crippen LogP contribution in [0, 0.1) is 25.2 Å². The summed E-state index contributed by atoms with van der Waals surface area (Å²) in [6, 6.07) is 1.86. The van der Waals surface area contributed by atoms with Crippen LogP contribution in [-0.2, 0) is 6.54 Å². The van der Waals surface area contributed by atoms with Gasteiger partial charge in [0, 0.05) is 12.1 Å². The summed E-state index contributed by atoms with van der Waals surface area (Å²) in [5.41, 5.74) is 0.834. The molecule has 0 amide bonds. The van der Waals surface area contributed by atoms with Crippen molar-refractivity contribution in [2.45, 2.75) is 27.3 Å². The molecule has 0 spiro atoms. The fourth-order valence-corrected chi connectivity index (χ4v) is 1.37. The molecule has 4 nitrogen and oxygen atoms in total. The van der Waals surface area contributed by atoms with Gasteiger partial charge in [0.15, 0.2) is 5.88 Å². The maximum Gasteiger partial charge on any atom is 0.271 e. The zero-order chi connectivity index (χ0) is 10.9. The number of hydrogen-bond acceptors (Lipinski definition) is 3. The number of rotatable bonds is 1. The van der Waals surface area contributed by atoms with Crippen molar-refractivity contribution in [1.29, 1.82) is 5.26 Å². The van der Waals surface area contributed by atoms with Crippen molar-refractivity contribution in [3.8, 4) is 11.9 Å². The summed E-state index contributed by atoms with van der Waals surface area (Å²) in [5, 5.41) is 18.4. The number of nitrogens with zero attached hydrogens (tertiary/aromatic N) is 2. The first-order valence-electron chi connectivity index (χ1n) is 4.37.